The molecule has 3 nitrogen and oxygen atoms in total. The van der Waals surface area contributed by atoms with Crippen LogP contribution in [0.15, 0.2) is 22.7 Å². The summed E-state index contributed by atoms with van der Waals surface area (Å²) in [5.74, 6) is 1.05. The second kappa shape index (κ2) is 4.03. The summed E-state index contributed by atoms with van der Waals surface area (Å²) in [5.41, 5.74) is 0.700. The number of H-pyrrole nitrogens is 1. The Morgan fingerprint density at radius 2 is 2.24 bits per heavy atom. The Balaban J connectivity index is 2.23. The molecule has 0 spiro atoms. The number of rotatable bonds is 2. The van der Waals surface area contributed by atoms with E-state index in [1.165, 1.54) is 12.1 Å². The van der Waals surface area contributed by atoms with Crippen molar-refractivity contribution in [2.45, 2.75) is 18.8 Å². The molecule has 0 unspecified atom stereocenters. The maximum Gasteiger partial charge on any atom is 0.199 e. The Hall–Kier alpha value is -1.01. The molecule has 3 rings (SSSR count). The van der Waals surface area contributed by atoms with Crippen LogP contribution in [0.3, 0.4) is 0 Å². The topological polar surface area (TPSA) is 33.6 Å². The average Bonchev–Trinajstić information content (AvgIpc) is 3.07. The molecule has 1 N–H and O–H groups in total. The summed E-state index contributed by atoms with van der Waals surface area (Å²) >= 11 is 8.62. The maximum absolute atomic E-state index is 13.3. The Morgan fingerprint density at radius 3 is 2.94 bits per heavy atom. The quantitative estimate of drug-likeness (QED) is 0.857. The molecule has 1 aliphatic rings. The number of aromatic amines is 1. The van der Waals surface area contributed by atoms with Gasteiger partial charge in [-0.25, -0.2) is 4.39 Å². The van der Waals surface area contributed by atoms with Crippen molar-refractivity contribution < 1.29 is 4.39 Å². The molecule has 88 valence electrons. The first-order chi connectivity index (χ1) is 8.16. The molecule has 0 amide bonds. The number of aromatic nitrogens is 3. The second-order valence-corrected chi connectivity index (χ2v) is 5.33. The summed E-state index contributed by atoms with van der Waals surface area (Å²) in [7, 11) is 0. The highest BCUT2D eigenvalue weighted by molar-refractivity contribution is 9.10. The van der Waals surface area contributed by atoms with E-state index in [2.05, 4.69) is 26.1 Å². The van der Waals surface area contributed by atoms with Crippen molar-refractivity contribution in [3.8, 4) is 5.69 Å². The van der Waals surface area contributed by atoms with E-state index in [4.69, 9.17) is 12.2 Å². The molecular formula is C11H9BrFN3S. The van der Waals surface area contributed by atoms with Crippen molar-refractivity contribution in [3.63, 3.8) is 0 Å². The predicted octanol–water partition coefficient (Wildman–Crippen LogP) is 3.71. The Labute approximate surface area is 111 Å². The Bertz CT molecular complexity index is 630. The molecule has 1 saturated carbocycles. The molecule has 0 aliphatic heterocycles. The van der Waals surface area contributed by atoms with Crippen molar-refractivity contribution in [3.05, 3.63) is 39.1 Å². The fraction of sp³-hybridized carbons (Fsp3) is 0.273. The first-order valence-corrected chi connectivity index (χ1v) is 6.49. The average molecular weight is 314 g/mol. The van der Waals surface area contributed by atoms with E-state index < -0.39 is 0 Å². The smallest absolute Gasteiger partial charge is 0.199 e. The second-order valence-electron chi connectivity index (χ2n) is 4.09. The van der Waals surface area contributed by atoms with Gasteiger partial charge in [-0.15, -0.1) is 0 Å². The standard InChI is InChI=1S/C11H9BrFN3S/c12-8-4-3-7(13)5-9(8)16-10(6-1-2-6)14-15-11(16)17/h3-6H,1-2H2,(H,15,17). The first-order valence-electron chi connectivity index (χ1n) is 5.29. The van der Waals surface area contributed by atoms with Gasteiger partial charge >= 0.3 is 0 Å². The van der Waals surface area contributed by atoms with Crippen molar-refractivity contribution >= 4 is 28.1 Å². The normalized spacial score (nSPS) is 15.2. The summed E-state index contributed by atoms with van der Waals surface area (Å²) in [4.78, 5) is 0. The van der Waals surface area contributed by atoms with E-state index in [1.54, 1.807) is 10.6 Å². The van der Waals surface area contributed by atoms with Gasteiger partial charge < -0.3 is 0 Å². The molecule has 1 heterocycles. The fourth-order valence-electron chi connectivity index (χ4n) is 1.81. The minimum absolute atomic E-state index is 0.284. The van der Waals surface area contributed by atoms with Crippen LogP contribution in [-0.4, -0.2) is 14.8 Å². The summed E-state index contributed by atoms with van der Waals surface area (Å²) in [5, 5.41) is 7.00. The zero-order valence-corrected chi connectivity index (χ0v) is 11.2. The minimum atomic E-state index is -0.284. The van der Waals surface area contributed by atoms with Crippen molar-refractivity contribution in [1.29, 1.82) is 0 Å². The van der Waals surface area contributed by atoms with Gasteiger partial charge in [0.1, 0.15) is 11.6 Å². The van der Waals surface area contributed by atoms with Gasteiger partial charge in [0.25, 0.3) is 0 Å². The first kappa shape index (κ1) is 11.1. The monoisotopic (exact) mass is 313 g/mol. The van der Waals surface area contributed by atoms with Crippen LogP contribution in [0.5, 0.6) is 0 Å². The largest absolute Gasteiger partial charge is 0.271 e. The van der Waals surface area contributed by atoms with Gasteiger partial charge in [0, 0.05) is 10.4 Å². The Kier molecular flexibility index (Phi) is 2.63. The van der Waals surface area contributed by atoms with E-state index in [0.29, 0.717) is 16.4 Å². The predicted molar refractivity (Wildman–Crippen MR) is 68.4 cm³/mol. The molecule has 1 aromatic heterocycles. The molecule has 0 atom stereocenters. The van der Waals surface area contributed by atoms with Gasteiger partial charge in [0.2, 0.25) is 0 Å². The third-order valence-corrected chi connectivity index (χ3v) is 3.73. The molecule has 0 bridgehead atoms. The number of benzene rings is 1. The number of nitrogens with one attached hydrogen (secondary N) is 1. The third kappa shape index (κ3) is 1.95. The zero-order chi connectivity index (χ0) is 12.0. The van der Waals surface area contributed by atoms with E-state index in [9.17, 15) is 4.39 Å². The van der Waals surface area contributed by atoms with Gasteiger partial charge in [0.15, 0.2) is 4.77 Å². The SMILES string of the molecule is Fc1ccc(Br)c(-n2c(C3CC3)n[nH]c2=S)c1. The van der Waals surface area contributed by atoms with Gasteiger partial charge in [-0.05, 0) is 59.2 Å². The van der Waals surface area contributed by atoms with Crippen LogP contribution >= 0.6 is 28.1 Å². The summed E-state index contributed by atoms with van der Waals surface area (Å²) in [6.45, 7) is 0. The van der Waals surface area contributed by atoms with Crippen molar-refractivity contribution in [1.82, 2.24) is 14.8 Å². The van der Waals surface area contributed by atoms with Crippen LogP contribution in [0.25, 0.3) is 5.69 Å². The Morgan fingerprint density at radius 1 is 1.47 bits per heavy atom. The zero-order valence-electron chi connectivity index (χ0n) is 8.78. The lowest BCUT2D eigenvalue weighted by Gasteiger charge is -2.08. The molecule has 1 aromatic carbocycles. The van der Waals surface area contributed by atoms with Crippen LogP contribution in [0, 0.1) is 10.6 Å². The van der Waals surface area contributed by atoms with Crippen LogP contribution < -0.4 is 0 Å². The van der Waals surface area contributed by atoms with Gasteiger partial charge in [-0.2, -0.15) is 5.10 Å². The minimum Gasteiger partial charge on any atom is -0.271 e. The van der Waals surface area contributed by atoms with E-state index in [-0.39, 0.29) is 5.82 Å². The maximum atomic E-state index is 13.3. The number of halogens is 2. The van der Waals surface area contributed by atoms with Gasteiger partial charge in [-0.1, -0.05) is 0 Å². The number of nitrogens with zero attached hydrogens (tertiary/aromatic N) is 2. The summed E-state index contributed by atoms with van der Waals surface area (Å²) in [6.07, 6.45) is 2.24. The molecule has 17 heavy (non-hydrogen) atoms. The fourth-order valence-corrected chi connectivity index (χ4v) is 2.48. The number of hydrogen-bond donors (Lipinski definition) is 1. The summed E-state index contributed by atoms with van der Waals surface area (Å²) in [6, 6.07) is 4.55. The van der Waals surface area contributed by atoms with E-state index >= 15 is 0 Å². The van der Waals surface area contributed by atoms with Crippen LogP contribution in [0.1, 0.15) is 24.6 Å². The molecule has 1 fully saturated rings. The molecule has 0 saturated heterocycles. The number of hydrogen-bond acceptors (Lipinski definition) is 2. The summed E-state index contributed by atoms with van der Waals surface area (Å²) < 4.78 is 16.4. The highest BCUT2D eigenvalue weighted by atomic mass is 79.9. The van der Waals surface area contributed by atoms with E-state index in [1.807, 2.05) is 0 Å². The molecule has 1 aliphatic carbocycles. The van der Waals surface area contributed by atoms with Crippen LogP contribution in [0.2, 0.25) is 0 Å². The highest BCUT2D eigenvalue weighted by Gasteiger charge is 2.29. The molecule has 6 heteroatoms. The molecule has 0 radical (unpaired) electrons. The van der Waals surface area contributed by atoms with Crippen molar-refractivity contribution in [2.24, 2.45) is 0 Å². The highest BCUT2D eigenvalue weighted by Crippen LogP contribution is 2.40. The van der Waals surface area contributed by atoms with Gasteiger partial charge in [-0.3, -0.25) is 9.67 Å². The van der Waals surface area contributed by atoms with Crippen molar-refractivity contribution in [2.75, 3.05) is 0 Å². The van der Waals surface area contributed by atoms with Crippen LogP contribution in [-0.2, 0) is 0 Å². The lowest BCUT2D eigenvalue weighted by Crippen LogP contribution is -2.01. The molecule has 2 aromatic rings. The molecular weight excluding hydrogens is 305 g/mol. The van der Waals surface area contributed by atoms with Crippen LogP contribution in [0.4, 0.5) is 4.39 Å². The van der Waals surface area contributed by atoms with E-state index in [0.717, 1.165) is 23.1 Å². The lowest BCUT2D eigenvalue weighted by molar-refractivity contribution is 0.625. The third-order valence-electron chi connectivity index (χ3n) is 2.79. The van der Waals surface area contributed by atoms with Gasteiger partial charge in [0.05, 0.1) is 5.69 Å². The lowest BCUT2D eigenvalue weighted by atomic mass is 10.3.